The summed E-state index contributed by atoms with van der Waals surface area (Å²) in [5, 5.41) is 0. The smallest absolute Gasteiger partial charge is 0.222 e. The van der Waals surface area contributed by atoms with Crippen LogP contribution in [0.25, 0.3) is 0 Å². The monoisotopic (exact) mass is 290 g/mol. The molecule has 0 radical (unpaired) electrons. The second kappa shape index (κ2) is 10.3. The van der Waals surface area contributed by atoms with Gasteiger partial charge in [0, 0.05) is 25.2 Å². The minimum absolute atomic E-state index is 0.283. The van der Waals surface area contributed by atoms with Crippen molar-refractivity contribution < 1.29 is 4.79 Å². The van der Waals surface area contributed by atoms with Crippen LogP contribution in [0.2, 0.25) is 0 Å². The highest BCUT2D eigenvalue weighted by molar-refractivity contribution is 5.76. The summed E-state index contributed by atoms with van der Waals surface area (Å²) < 4.78 is 0. The number of unbranched alkanes of at least 4 members (excludes halogenated alkanes) is 4. The first-order valence-electron chi connectivity index (χ1n) is 8.29. The summed E-state index contributed by atoms with van der Waals surface area (Å²) in [4.78, 5) is 14.3. The van der Waals surface area contributed by atoms with E-state index in [4.69, 9.17) is 5.73 Å². The Hall–Kier alpha value is -1.51. The predicted molar refractivity (Wildman–Crippen MR) is 89.9 cm³/mol. The zero-order valence-corrected chi connectivity index (χ0v) is 13.6. The van der Waals surface area contributed by atoms with Gasteiger partial charge in [-0.3, -0.25) is 4.79 Å². The van der Waals surface area contributed by atoms with E-state index in [2.05, 4.69) is 13.8 Å². The molecule has 0 aliphatic rings. The molecule has 0 spiro atoms. The van der Waals surface area contributed by atoms with Crippen LogP contribution in [0.4, 0.5) is 5.69 Å². The number of rotatable bonds is 10. The molecule has 2 N–H and O–H groups in total. The van der Waals surface area contributed by atoms with Crippen LogP contribution in [0.15, 0.2) is 24.3 Å². The summed E-state index contributed by atoms with van der Waals surface area (Å²) in [6, 6.07) is 7.81. The van der Waals surface area contributed by atoms with Gasteiger partial charge >= 0.3 is 0 Å². The molecule has 0 aliphatic heterocycles. The van der Waals surface area contributed by atoms with Crippen LogP contribution in [0.5, 0.6) is 0 Å². The van der Waals surface area contributed by atoms with Gasteiger partial charge < -0.3 is 10.6 Å². The maximum Gasteiger partial charge on any atom is 0.222 e. The second-order valence-electron chi connectivity index (χ2n) is 5.72. The second-order valence-corrected chi connectivity index (χ2v) is 5.72. The number of hydrogen-bond donors (Lipinski definition) is 1. The van der Waals surface area contributed by atoms with E-state index in [1.807, 2.05) is 29.2 Å². The van der Waals surface area contributed by atoms with Crippen molar-refractivity contribution >= 4 is 11.6 Å². The van der Waals surface area contributed by atoms with Gasteiger partial charge in [0.25, 0.3) is 0 Å². The Morgan fingerprint density at radius 2 is 1.67 bits per heavy atom. The third kappa shape index (κ3) is 7.16. The van der Waals surface area contributed by atoms with Crippen LogP contribution in [0.1, 0.15) is 64.4 Å². The number of nitrogens with zero attached hydrogens (tertiary/aromatic N) is 1. The fourth-order valence-electron chi connectivity index (χ4n) is 2.44. The number of nitrogen functional groups attached to an aromatic ring is 1. The largest absolute Gasteiger partial charge is 0.399 e. The van der Waals surface area contributed by atoms with Gasteiger partial charge in [-0.15, -0.1) is 0 Å². The van der Waals surface area contributed by atoms with Crippen LogP contribution < -0.4 is 5.73 Å². The topological polar surface area (TPSA) is 46.3 Å². The normalized spacial score (nSPS) is 10.6. The highest BCUT2D eigenvalue weighted by Gasteiger charge is 2.12. The highest BCUT2D eigenvalue weighted by Crippen LogP contribution is 2.12. The molecular formula is C18H30N2O. The molecule has 0 aromatic heterocycles. The molecule has 0 bridgehead atoms. The molecule has 0 heterocycles. The van der Waals surface area contributed by atoms with Gasteiger partial charge in [-0.25, -0.2) is 0 Å². The van der Waals surface area contributed by atoms with Crippen molar-refractivity contribution in [3.63, 3.8) is 0 Å². The molecule has 0 unspecified atom stereocenters. The Morgan fingerprint density at radius 3 is 2.29 bits per heavy atom. The van der Waals surface area contributed by atoms with E-state index in [9.17, 15) is 4.79 Å². The lowest BCUT2D eigenvalue weighted by atomic mass is 10.1. The summed E-state index contributed by atoms with van der Waals surface area (Å²) in [7, 11) is 0. The number of hydrogen-bond acceptors (Lipinski definition) is 2. The molecule has 1 rings (SSSR count). The van der Waals surface area contributed by atoms with Crippen LogP contribution in [0.3, 0.4) is 0 Å². The molecule has 0 aliphatic carbocycles. The standard InChI is InChI=1S/C18H30N2O/c1-3-5-6-7-8-9-18(21)20(14-4-2)15-16-10-12-17(19)13-11-16/h10-13H,3-9,14-15,19H2,1-2H3. The van der Waals surface area contributed by atoms with Crippen molar-refractivity contribution in [2.75, 3.05) is 12.3 Å². The van der Waals surface area contributed by atoms with Gasteiger partial charge in [0.15, 0.2) is 0 Å². The summed E-state index contributed by atoms with van der Waals surface area (Å²) in [6.07, 6.45) is 7.62. The van der Waals surface area contributed by atoms with Gasteiger partial charge in [-0.2, -0.15) is 0 Å². The first-order chi connectivity index (χ1) is 10.2. The minimum Gasteiger partial charge on any atom is -0.399 e. The van der Waals surface area contributed by atoms with Crippen LogP contribution >= 0.6 is 0 Å². The summed E-state index contributed by atoms with van der Waals surface area (Å²) in [5.74, 6) is 0.283. The SMILES string of the molecule is CCCCCCCC(=O)N(CCC)Cc1ccc(N)cc1. The molecule has 0 atom stereocenters. The van der Waals surface area contributed by atoms with Crippen molar-refractivity contribution in [1.82, 2.24) is 4.90 Å². The van der Waals surface area contributed by atoms with Gasteiger partial charge in [0.1, 0.15) is 0 Å². The van der Waals surface area contributed by atoms with E-state index in [1.165, 1.54) is 25.7 Å². The Bertz CT molecular complexity index is 400. The van der Waals surface area contributed by atoms with E-state index in [0.29, 0.717) is 13.0 Å². The zero-order chi connectivity index (χ0) is 15.5. The molecule has 3 nitrogen and oxygen atoms in total. The van der Waals surface area contributed by atoms with Crippen molar-refractivity contribution in [3.05, 3.63) is 29.8 Å². The van der Waals surface area contributed by atoms with E-state index < -0.39 is 0 Å². The molecule has 0 saturated heterocycles. The fraction of sp³-hybridized carbons (Fsp3) is 0.611. The fourth-order valence-corrected chi connectivity index (χ4v) is 2.44. The maximum atomic E-state index is 12.3. The minimum atomic E-state index is 0.283. The third-order valence-corrected chi connectivity index (χ3v) is 3.69. The molecule has 3 heteroatoms. The number of anilines is 1. The van der Waals surface area contributed by atoms with Crippen molar-refractivity contribution in [3.8, 4) is 0 Å². The summed E-state index contributed by atoms with van der Waals surface area (Å²) in [5.41, 5.74) is 7.62. The first kappa shape index (κ1) is 17.5. The molecule has 21 heavy (non-hydrogen) atoms. The van der Waals surface area contributed by atoms with Gasteiger partial charge in [-0.05, 0) is 30.5 Å². The Kier molecular flexibility index (Phi) is 8.56. The van der Waals surface area contributed by atoms with Crippen LogP contribution in [0, 0.1) is 0 Å². The van der Waals surface area contributed by atoms with Crippen molar-refractivity contribution in [2.45, 2.75) is 65.3 Å². The maximum absolute atomic E-state index is 12.3. The number of nitrogens with two attached hydrogens (primary N) is 1. The Labute approximate surface area is 129 Å². The van der Waals surface area contributed by atoms with E-state index in [-0.39, 0.29) is 5.91 Å². The number of amides is 1. The number of benzene rings is 1. The molecule has 1 aromatic rings. The molecule has 0 fully saturated rings. The zero-order valence-electron chi connectivity index (χ0n) is 13.6. The lowest BCUT2D eigenvalue weighted by Crippen LogP contribution is -2.31. The van der Waals surface area contributed by atoms with Crippen molar-refractivity contribution in [1.29, 1.82) is 0 Å². The lowest BCUT2D eigenvalue weighted by molar-refractivity contribution is -0.132. The van der Waals surface area contributed by atoms with Gasteiger partial charge in [0.05, 0.1) is 0 Å². The molecule has 1 amide bonds. The van der Waals surface area contributed by atoms with Gasteiger partial charge in [0.2, 0.25) is 5.91 Å². The average Bonchev–Trinajstić information content (AvgIpc) is 2.48. The number of carbonyl (C=O) groups is 1. The van der Waals surface area contributed by atoms with Crippen LogP contribution in [-0.4, -0.2) is 17.4 Å². The first-order valence-corrected chi connectivity index (χ1v) is 8.29. The van der Waals surface area contributed by atoms with Crippen molar-refractivity contribution in [2.24, 2.45) is 0 Å². The molecular weight excluding hydrogens is 260 g/mol. The third-order valence-electron chi connectivity index (χ3n) is 3.69. The van der Waals surface area contributed by atoms with E-state index in [1.54, 1.807) is 0 Å². The number of carbonyl (C=O) groups excluding carboxylic acids is 1. The molecule has 118 valence electrons. The van der Waals surface area contributed by atoms with E-state index in [0.717, 1.165) is 30.6 Å². The van der Waals surface area contributed by atoms with E-state index >= 15 is 0 Å². The summed E-state index contributed by atoms with van der Waals surface area (Å²) in [6.45, 7) is 5.85. The quantitative estimate of drug-likeness (QED) is 0.514. The Balaban J connectivity index is 2.43. The van der Waals surface area contributed by atoms with Gasteiger partial charge in [-0.1, -0.05) is 51.7 Å². The average molecular weight is 290 g/mol. The summed E-state index contributed by atoms with van der Waals surface area (Å²) >= 11 is 0. The predicted octanol–water partition coefficient (Wildman–Crippen LogP) is 4.37. The Morgan fingerprint density at radius 1 is 1.00 bits per heavy atom. The van der Waals surface area contributed by atoms with Crippen LogP contribution in [-0.2, 0) is 11.3 Å². The molecule has 0 saturated carbocycles. The lowest BCUT2D eigenvalue weighted by Gasteiger charge is -2.22. The molecule has 1 aromatic carbocycles. The highest BCUT2D eigenvalue weighted by atomic mass is 16.2.